The Bertz CT molecular complexity index is 610. The predicted molar refractivity (Wildman–Crippen MR) is 57.2 cm³/mol. The number of halogens is 1. The van der Waals surface area contributed by atoms with Crippen molar-refractivity contribution in [3.05, 3.63) is 28.3 Å². The quantitative estimate of drug-likeness (QED) is 0.466. The second-order valence-electron chi connectivity index (χ2n) is 2.92. The summed E-state index contributed by atoms with van der Waals surface area (Å²) in [7, 11) is -3.96. The lowest BCUT2D eigenvalue weighted by atomic mass is 10.3. The molecule has 9 heteroatoms. The average Bonchev–Trinajstić information content (AvgIpc) is 2.15. The van der Waals surface area contributed by atoms with Crippen LogP contribution in [0.5, 0.6) is 0 Å². The predicted octanol–water partition coefficient (Wildman–Crippen LogP) is 1.30. The topological polar surface area (TPSA) is 102 Å². The average molecular weight is 262 g/mol. The SMILES string of the molecule is O=[N+]([O-])c1ccc2c(c1)S(=O)(=O)N=C(Cl)N2. The molecule has 1 aromatic rings. The number of fused-ring (bicyclic) bond motifs is 1. The van der Waals surface area contributed by atoms with Gasteiger partial charge in [0, 0.05) is 12.1 Å². The molecule has 0 radical (unpaired) electrons. The molecule has 1 aliphatic heterocycles. The smallest absolute Gasteiger partial charge is 0.287 e. The van der Waals surface area contributed by atoms with E-state index in [4.69, 9.17) is 11.6 Å². The molecule has 84 valence electrons. The molecule has 1 aromatic carbocycles. The van der Waals surface area contributed by atoms with E-state index in [1.54, 1.807) is 0 Å². The number of anilines is 1. The molecule has 16 heavy (non-hydrogen) atoms. The molecule has 1 aliphatic rings. The summed E-state index contributed by atoms with van der Waals surface area (Å²) in [6, 6.07) is 3.38. The molecular formula is C7H4ClN3O4S. The Morgan fingerprint density at radius 3 is 2.75 bits per heavy atom. The minimum absolute atomic E-state index is 0.172. The molecule has 0 atom stereocenters. The molecular weight excluding hydrogens is 258 g/mol. The molecule has 0 amide bonds. The van der Waals surface area contributed by atoms with Crippen LogP contribution in [-0.2, 0) is 10.0 Å². The Hall–Kier alpha value is -1.67. The van der Waals surface area contributed by atoms with Gasteiger partial charge < -0.3 is 5.32 Å². The Kier molecular flexibility index (Phi) is 2.32. The van der Waals surface area contributed by atoms with Gasteiger partial charge in [0.15, 0.2) is 0 Å². The fourth-order valence-corrected chi connectivity index (χ4v) is 2.63. The largest absolute Gasteiger partial charge is 0.329 e. The number of non-ortho nitro benzene ring substituents is 1. The van der Waals surface area contributed by atoms with E-state index in [0.717, 1.165) is 6.07 Å². The van der Waals surface area contributed by atoms with Crippen LogP contribution in [0.25, 0.3) is 0 Å². The molecule has 0 aliphatic carbocycles. The molecule has 1 heterocycles. The van der Waals surface area contributed by atoms with Crippen molar-refractivity contribution in [1.82, 2.24) is 0 Å². The van der Waals surface area contributed by atoms with Crippen molar-refractivity contribution in [2.75, 3.05) is 5.32 Å². The van der Waals surface area contributed by atoms with E-state index >= 15 is 0 Å². The van der Waals surface area contributed by atoms with Crippen LogP contribution < -0.4 is 5.32 Å². The first-order valence-corrected chi connectivity index (χ1v) is 5.78. The summed E-state index contributed by atoms with van der Waals surface area (Å²) in [4.78, 5) is 9.55. The lowest BCUT2D eigenvalue weighted by molar-refractivity contribution is -0.385. The van der Waals surface area contributed by atoms with Crippen LogP contribution in [-0.4, -0.2) is 18.6 Å². The second-order valence-corrected chi connectivity index (χ2v) is 4.85. The van der Waals surface area contributed by atoms with Crippen molar-refractivity contribution in [3.8, 4) is 0 Å². The third-order valence-corrected chi connectivity index (χ3v) is 3.49. The normalized spacial score (nSPS) is 16.9. The summed E-state index contributed by atoms with van der Waals surface area (Å²) in [5, 5.41) is 12.7. The summed E-state index contributed by atoms with van der Waals surface area (Å²) < 4.78 is 26.2. The number of rotatable bonds is 1. The van der Waals surface area contributed by atoms with Gasteiger partial charge in [-0.3, -0.25) is 10.1 Å². The van der Waals surface area contributed by atoms with E-state index < -0.39 is 14.9 Å². The highest BCUT2D eigenvalue weighted by molar-refractivity contribution is 7.90. The van der Waals surface area contributed by atoms with Gasteiger partial charge >= 0.3 is 0 Å². The van der Waals surface area contributed by atoms with E-state index in [1.807, 2.05) is 0 Å². The number of sulfonamides is 1. The number of nitro benzene ring substituents is 1. The zero-order valence-corrected chi connectivity index (χ0v) is 9.12. The fourth-order valence-electron chi connectivity index (χ4n) is 1.23. The first-order valence-electron chi connectivity index (χ1n) is 3.96. The maximum absolute atomic E-state index is 11.5. The number of nitrogens with one attached hydrogen (secondary N) is 1. The monoisotopic (exact) mass is 261 g/mol. The molecule has 0 fully saturated rings. The van der Waals surface area contributed by atoms with Gasteiger partial charge in [-0.1, -0.05) is 0 Å². The summed E-state index contributed by atoms with van der Waals surface area (Å²) in [5.41, 5.74) is -0.150. The van der Waals surface area contributed by atoms with Crippen molar-refractivity contribution in [1.29, 1.82) is 0 Å². The van der Waals surface area contributed by atoms with E-state index in [9.17, 15) is 18.5 Å². The van der Waals surface area contributed by atoms with Crippen LogP contribution in [0.1, 0.15) is 0 Å². The summed E-state index contributed by atoms with van der Waals surface area (Å²) in [6.45, 7) is 0. The highest BCUT2D eigenvalue weighted by Gasteiger charge is 2.26. The molecule has 7 nitrogen and oxygen atoms in total. The molecule has 0 unspecified atom stereocenters. The van der Waals surface area contributed by atoms with E-state index in [0.29, 0.717) is 0 Å². The minimum atomic E-state index is -3.96. The maximum Gasteiger partial charge on any atom is 0.287 e. The number of benzene rings is 1. The summed E-state index contributed by atoms with van der Waals surface area (Å²) in [5.74, 6) is 0. The molecule has 0 saturated heterocycles. The second kappa shape index (κ2) is 3.42. The van der Waals surface area contributed by atoms with Gasteiger partial charge in [0.2, 0.25) is 5.29 Å². The van der Waals surface area contributed by atoms with Crippen molar-refractivity contribution >= 4 is 38.3 Å². The third-order valence-electron chi connectivity index (χ3n) is 1.89. The summed E-state index contributed by atoms with van der Waals surface area (Å²) in [6.07, 6.45) is 0. The molecule has 0 bridgehead atoms. The standard InChI is InChI=1S/C7H4ClN3O4S/c8-7-9-5-2-1-4(11(12)13)3-6(5)16(14,15)10-7/h1-3H,(H,9,10). The number of nitrogens with zero attached hydrogens (tertiary/aromatic N) is 2. The Morgan fingerprint density at radius 2 is 2.12 bits per heavy atom. The van der Waals surface area contributed by atoms with Crippen molar-refractivity contribution in [2.24, 2.45) is 4.40 Å². The van der Waals surface area contributed by atoms with Gasteiger partial charge in [-0.25, -0.2) is 0 Å². The van der Waals surface area contributed by atoms with Crippen LogP contribution in [0.2, 0.25) is 0 Å². The maximum atomic E-state index is 11.5. The first-order chi connectivity index (χ1) is 7.40. The van der Waals surface area contributed by atoms with Crippen LogP contribution in [0.15, 0.2) is 27.5 Å². The van der Waals surface area contributed by atoms with Gasteiger partial charge in [-0.15, -0.1) is 4.40 Å². The van der Waals surface area contributed by atoms with Gasteiger partial charge in [0.1, 0.15) is 4.90 Å². The number of hydrogen-bond acceptors (Lipinski definition) is 5. The van der Waals surface area contributed by atoms with Crippen LogP contribution in [0, 0.1) is 10.1 Å². The number of amidine groups is 1. The van der Waals surface area contributed by atoms with Crippen LogP contribution >= 0.6 is 11.6 Å². The van der Waals surface area contributed by atoms with Gasteiger partial charge in [-0.2, -0.15) is 8.42 Å². The van der Waals surface area contributed by atoms with E-state index in [2.05, 4.69) is 9.71 Å². The molecule has 0 spiro atoms. The van der Waals surface area contributed by atoms with E-state index in [-0.39, 0.29) is 21.6 Å². The zero-order chi connectivity index (χ0) is 11.9. The molecule has 0 saturated carbocycles. The first kappa shape index (κ1) is 10.8. The third kappa shape index (κ3) is 1.72. The van der Waals surface area contributed by atoms with E-state index in [1.165, 1.54) is 12.1 Å². The van der Waals surface area contributed by atoms with Gasteiger partial charge in [-0.05, 0) is 17.7 Å². The molecule has 0 aromatic heterocycles. The lowest BCUT2D eigenvalue weighted by Gasteiger charge is -2.13. The Labute approximate surface area is 95.0 Å². The van der Waals surface area contributed by atoms with Crippen molar-refractivity contribution < 1.29 is 13.3 Å². The van der Waals surface area contributed by atoms with Gasteiger partial charge in [0.25, 0.3) is 15.7 Å². The molecule has 2 rings (SSSR count). The Balaban J connectivity index is 2.68. The Morgan fingerprint density at radius 1 is 1.44 bits per heavy atom. The van der Waals surface area contributed by atoms with Gasteiger partial charge in [0.05, 0.1) is 10.6 Å². The van der Waals surface area contributed by atoms with Crippen molar-refractivity contribution in [3.63, 3.8) is 0 Å². The lowest BCUT2D eigenvalue weighted by Crippen LogP contribution is -2.16. The van der Waals surface area contributed by atoms with Crippen molar-refractivity contribution in [2.45, 2.75) is 4.90 Å². The minimum Gasteiger partial charge on any atom is -0.329 e. The highest BCUT2D eigenvalue weighted by atomic mass is 35.5. The van der Waals surface area contributed by atoms with Crippen LogP contribution in [0.3, 0.4) is 0 Å². The molecule has 1 N–H and O–H groups in total. The zero-order valence-electron chi connectivity index (χ0n) is 7.55. The van der Waals surface area contributed by atoms with Crippen LogP contribution in [0.4, 0.5) is 11.4 Å². The highest BCUT2D eigenvalue weighted by Crippen LogP contribution is 2.30. The summed E-state index contributed by atoms with van der Waals surface area (Å²) >= 11 is 5.46. The number of nitro groups is 1. The number of hydrogen-bond donors (Lipinski definition) is 1. The fraction of sp³-hybridized carbons (Fsp3) is 0.